The second-order valence-electron chi connectivity index (χ2n) is 4.52. The van der Waals surface area contributed by atoms with E-state index in [4.69, 9.17) is 0 Å². The second-order valence-corrected chi connectivity index (χ2v) is 7.67. The smallest absolute Gasteiger partial charge is 0.0314 e. The standard InChI is InChI=1S/C11H14Br2S/c1-11(4-2-8(12)6-11)7-10-9(13)3-5-14-10/h3,5,8H,2,4,6-7H2,1H3. The van der Waals surface area contributed by atoms with Gasteiger partial charge in [0, 0.05) is 14.2 Å². The van der Waals surface area contributed by atoms with Crippen molar-refractivity contribution in [2.75, 3.05) is 0 Å². The Balaban J connectivity index is 2.07. The molecule has 0 saturated heterocycles. The summed E-state index contributed by atoms with van der Waals surface area (Å²) in [5.41, 5.74) is 0.515. The molecule has 1 heterocycles. The SMILES string of the molecule is CC1(Cc2sccc2Br)CCC(Br)C1. The van der Waals surface area contributed by atoms with Crippen LogP contribution < -0.4 is 0 Å². The average molecular weight is 338 g/mol. The second kappa shape index (κ2) is 4.26. The molecule has 1 aromatic heterocycles. The van der Waals surface area contributed by atoms with Crippen LogP contribution in [0.15, 0.2) is 15.9 Å². The van der Waals surface area contributed by atoms with E-state index >= 15 is 0 Å². The van der Waals surface area contributed by atoms with E-state index in [1.807, 2.05) is 11.3 Å². The van der Waals surface area contributed by atoms with Crippen LogP contribution in [0.4, 0.5) is 0 Å². The van der Waals surface area contributed by atoms with Crippen LogP contribution in [0.25, 0.3) is 0 Å². The quantitative estimate of drug-likeness (QED) is 0.665. The van der Waals surface area contributed by atoms with Gasteiger partial charge < -0.3 is 0 Å². The third kappa shape index (κ3) is 2.42. The zero-order valence-corrected chi connectivity index (χ0v) is 12.2. The maximum Gasteiger partial charge on any atom is 0.0314 e. The van der Waals surface area contributed by atoms with Crippen molar-refractivity contribution < 1.29 is 0 Å². The van der Waals surface area contributed by atoms with Crippen molar-refractivity contribution in [3.63, 3.8) is 0 Å². The summed E-state index contributed by atoms with van der Waals surface area (Å²) in [7, 11) is 0. The van der Waals surface area contributed by atoms with Crippen molar-refractivity contribution in [1.29, 1.82) is 0 Å². The van der Waals surface area contributed by atoms with Crippen LogP contribution in [-0.2, 0) is 6.42 Å². The first-order valence-corrected chi connectivity index (χ1v) is 7.54. The Hall–Kier alpha value is 0.660. The lowest BCUT2D eigenvalue weighted by molar-refractivity contribution is 0.338. The van der Waals surface area contributed by atoms with Crippen molar-refractivity contribution >= 4 is 43.2 Å². The van der Waals surface area contributed by atoms with E-state index < -0.39 is 0 Å². The number of alkyl halides is 1. The zero-order chi connectivity index (χ0) is 10.2. The van der Waals surface area contributed by atoms with E-state index in [-0.39, 0.29) is 0 Å². The van der Waals surface area contributed by atoms with E-state index in [1.165, 1.54) is 35.0 Å². The number of thiophene rings is 1. The van der Waals surface area contributed by atoms with E-state index in [0.717, 1.165) is 4.83 Å². The zero-order valence-electron chi connectivity index (χ0n) is 8.22. The van der Waals surface area contributed by atoms with Crippen LogP contribution in [0.1, 0.15) is 31.1 Å². The fourth-order valence-corrected chi connectivity index (χ4v) is 4.96. The molecule has 0 aliphatic heterocycles. The van der Waals surface area contributed by atoms with Crippen molar-refractivity contribution in [2.24, 2.45) is 5.41 Å². The van der Waals surface area contributed by atoms with Gasteiger partial charge in [-0.15, -0.1) is 11.3 Å². The van der Waals surface area contributed by atoms with Crippen LogP contribution >= 0.6 is 43.2 Å². The van der Waals surface area contributed by atoms with Crippen molar-refractivity contribution in [2.45, 2.75) is 37.4 Å². The average Bonchev–Trinajstić information content (AvgIpc) is 2.62. The molecular weight excluding hydrogens is 324 g/mol. The highest BCUT2D eigenvalue weighted by Gasteiger charge is 2.34. The predicted octanol–water partition coefficient (Wildman–Crippen LogP) is 5.01. The number of hydrogen-bond acceptors (Lipinski definition) is 1. The summed E-state index contributed by atoms with van der Waals surface area (Å²) in [6.45, 7) is 2.42. The molecule has 0 N–H and O–H groups in total. The first-order chi connectivity index (χ1) is 6.59. The summed E-state index contributed by atoms with van der Waals surface area (Å²) < 4.78 is 1.29. The van der Waals surface area contributed by atoms with Gasteiger partial charge in [-0.05, 0) is 58.5 Å². The molecule has 0 amide bonds. The third-order valence-corrected chi connectivity index (χ3v) is 5.76. The Bertz CT molecular complexity index is 321. The molecule has 1 aliphatic carbocycles. The van der Waals surface area contributed by atoms with Crippen LogP contribution in [0.3, 0.4) is 0 Å². The van der Waals surface area contributed by atoms with Crippen molar-refractivity contribution in [1.82, 2.24) is 0 Å². The van der Waals surface area contributed by atoms with Gasteiger partial charge in [-0.3, -0.25) is 0 Å². The molecule has 0 bridgehead atoms. The maximum absolute atomic E-state index is 3.73. The highest BCUT2D eigenvalue weighted by molar-refractivity contribution is 9.10. The van der Waals surface area contributed by atoms with E-state index in [0.29, 0.717) is 5.41 Å². The lowest BCUT2D eigenvalue weighted by atomic mass is 9.85. The minimum Gasteiger partial charge on any atom is -0.148 e. The number of hydrogen-bond donors (Lipinski definition) is 0. The molecule has 1 aliphatic rings. The molecule has 14 heavy (non-hydrogen) atoms. The van der Waals surface area contributed by atoms with E-state index in [2.05, 4.69) is 50.2 Å². The molecule has 1 saturated carbocycles. The molecule has 2 atom stereocenters. The first kappa shape index (κ1) is 11.2. The van der Waals surface area contributed by atoms with Crippen LogP contribution in [-0.4, -0.2) is 4.83 Å². The minimum absolute atomic E-state index is 0.515. The minimum atomic E-state index is 0.515. The Labute approximate surface area is 106 Å². The normalized spacial score (nSPS) is 32.4. The van der Waals surface area contributed by atoms with Gasteiger partial charge in [0.2, 0.25) is 0 Å². The lowest BCUT2D eigenvalue weighted by Crippen LogP contribution is -2.15. The summed E-state index contributed by atoms with van der Waals surface area (Å²) in [6, 6.07) is 2.16. The first-order valence-electron chi connectivity index (χ1n) is 4.95. The fourth-order valence-electron chi connectivity index (χ4n) is 2.24. The van der Waals surface area contributed by atoms with Crippen LogP contribution in [0.5, 0.6) is 0 Å². The molecule has 0 spiro atoms. The fraction of sp³-hybridized carbons (Fsp3) is 0.636. The monoisotopic (exact) mass is 336 g/mol. The number of halogens is 2. The van der Waals surface area contributed by atoms with Gasteiger partial charge in [-0.2, -0.15) is 0 Å². The Morgan fingerprint density at radius 3 is 2.93 bits per heavy atom. The molecule has 78 valence electrons. The van der Waals surface area contributed by atoms with Gasteiger partial charge in [0.05, 0.1) is 0 Å². The highest BCUT2D eigenvalue weighted by Crippen LogP contribution is 2.45. The van der Waals surface area contributed by atoms with Gasteiger partial charge in [0.15, 0.2) is 0 Å². The third-order valence-electron chi connectivity index (χ3n) is 3.05. The molecule has 2 rings (SSSR count). The summed E-state index contributed by atoms with van der Waals surface area (Å²) in [5, 5.41) is 2.17. The lowest BCUT2D eigenvalue weighted by Gasteiger charge is -2.23. The summed E-state index contributed by atoms with van der Waals surface area (Å²) in [4.78, 5) is 2.25. The molecule has 1 fully saturated rings. The summed E-state index contributed by atoms with van der Waals surface area (Å²) in [6.07, 6.45) is 5.23. The summed E-state index contributed by atoms with van der Waals surface area (Å²) >= 11 is 9.21. The molecule has 3 heteroatoms. The predicted molar refractivity (Wildman–Crippen MR) is 70.4 cm³/mol. The van der Waals surface area contributed by atoms with Gasteiger partial charge in [0.1, 0.15) is 0 Å². The van der Waals surface area contributed by atoms with Gasteiger partial charge in [-0.25, -0.2) is 0 Å². The molecule has 0 nitrogen and oxygen atoms in total. The number of rotatable bonds is 2. The van der Waals surface area contributed by atoms with Gasteiger partial charge in [-0.1, -0.05) is 22.9 Å². The molecular formula is C11H14Br2S. The van der Waals surface area contributed by atoms with Gasteiger partial charge >= 0.3 is 0 Å². The van der Waals surface area contributed by atoms with E-state index in [1.54, 1.807) is 0 Å². The Morgan fingerprint density at radius 1 is 1.64 bits per heavy atom. The molecule has 1 aromatic rings. The Kier molecular flexibility index (Phi) is 3.40. The maximum atomic E-state index is 3.73. The topological polar surface area (TPSA) is 0 Å². The van der Waals surface area contributed by atoms with Crippen LogP contribution in [0, 0.1) is 5.41 Å². The molecule has 0 radical (unpaired) electrons. The molecule has 2 unspecified atom stereocenters. The summed E-state index contributed by atoms with van der Waals surface area (Å²) in [5.74, 6) is 0. The largest absolute Gasteiger partial charge is 0.148 e. The van der Waals surface area contributed by atoms with Crippen molar-refractivity contribution in [3.8, 4) is 0 Å². The van der Waals surface area contributed by atoms with Crippen molar-refractivity contribution in [3.05, 3.63) is 20.8 Å². The Morgan fingerprint density at radius 2 is 2.43 bits per heavy atom. The highest BCUT2D eigenvalue weighted by atomic mass is 79.9. The molecule has 0 aromatic carbocycles. The van der Waals surface area contributed by atoms with E-state index in [9.17, 15) is 0 Å². The van der Waals surface area contributed by atoms with Gasteiger partial charge in [0.25, 0.3) is 0 Å². The van der Waals surface area contributed by atoms with Crippen LogP contribution in [0.2, 0.25) is 0 Å².